The molecule has 5 heterocycles. The number of nitrogens with one attached hydrogen (secondary N) is 1. The Labute approximate surface area is 185 Å². The number of hydrogen-bond donors (Lipinski definition) is 1. The largest absolute Gasteiger partial charge is 0.332 e. The van der Waals surface area contributed by atoms with E-state index in [4.69, 9.17) is 0 Å². The van der Waals surface area contributed by atoms with Crippen molar-refractivity contribution in [2.75, 3.05) is 37.7 Å². The van der Waals surface area contributed by atoms with Gasteiger partial charge in [0.15, 0.2) is 0 Å². The second-order valence-corrected chi connectivity index (χ2v) is 10.1. The van der Waals surface area contributed by atoms with Crippen LogP contribution in [-0.4, -0.2) is 64.3 Å². The Hall–Kier alpha value is -1.89. The van der Waals surface area contributed by atoms with Crippen molar-refractivity contribution in [1.82, 2.24) is 24.7 Å². The van der Waals surface area contributed by atoms with Gasteiger partial charge in [-0.25, -0.2) is 4.52 Å². The van der Waals surface area contributed by atoms with E-state index in [9.17, 15) is 0 Å². The molecule has 0 spiro atoms. The maximum absolute atomic E-state index is 4.57. The molecule has 166 valence electrons. The van der Waals surface area contributed by atoms with Crippen LogP contribution in [0.1, 0.15) is 50.5 Å². The third-order valence-electron chi connectivity index (χ3n) is 8.01. The third-order valence-corrected chi connectivity index (χ3v) is 8.01. The zero-order valence-corrected chi connectivity index (χ0v) is 18.6. The molecule has 1 saturated carbocycles. The Bertz CT molecular complexity index is 915. The Morgan fingerprint density at radius 3 is 2.65 bits per heavy atom. The van der Waals surface area contributed by atoms with E-state index in [2.05, 4.69) is 55.7 Å². The maximum atomic E-state index is 4.57. The topological polar surface area (TPSA) is 39.1 Å². The second kappa shape index (κ2) is 8.57. The fourth-order valence-corrected chi connectivity index (χ4v) is 6.43. The summed E-state index contributed by atoms with van der Waals surface area (Å²) in [6.07, 6.45) is 18.6. The Morgan fingerprint density at radius 2 is 1.87 bits per heavy atom. The van der Waals surface area contributed by atoms with E-state index in [1.807, 2.05) is 10.7 Å². The SMILES string of the molecule is C1=CN(c2cnn3ccc(CN4C[C@H]5CC[C@@H](C4)N5CC4CCCCC4)cc23)CNC1. The summed E-state index contributed by atoms with van der Waals surface area (Å²) in [4.78, 5) is 7.87. The lowest BCUT2D eigenvalue weighted by molar-refractivity contribution is 0.0454. The van der Waals surface area contributed by atoms with Gasteiger partial charge in [-0.2, -0.15) is 5.10 Å². The Morgan fingerprint density at radius 1 is 1.03 bits per heavy atom. The average Bonchev–Trinajstić information content (AvgIpc) is 3.32. The van der Waals surface area contributed by atoms with Crippen LogP contribution in [0.15, 0.2) is 36.8 Å². The lowest BCUT2D eigenvalue weighted by Gasteiger charge is -2.43. The fourth-order valence-electron chi connectivity index (χ4n) is 6.43. The molecule has 2 aromatic heterocycles. The van der Waals surface area contributed by atoms with Gasteiger partial charge in [0.1, 0.15) is 0 Å². The third kappa shape index (κ3) is 4.01. The first-order valence-corrected chi connectivity index (χ1v) is 12.4. The Kier molecular flexibility index (Phi) is 5.46. The van der Waals surface area contributed by atoms with E-state index in [-0.39, 0.29) is 0 Å². The summed E-state index contributed by atoms with van der Waals surface area (Å²) in [5, 5.41) is 7.98. The number of pyridine rings is 1. The van der Waals surface area contributed by atoms with Gasteiger partial charge in [-0.15, -0.1) is 0 Å². The van der Waals surface area contributed by atoms with E-state index in [1.54, 1.807) is 0 Å². The van der Waals surface area contributed by atoms with Crippen molar-refractivity contribution >= 4 is 11.2 Å². The summed E-state index contributed by atoms with van der Waals surface area (Å²) in [7, 11) is 0. The first-order valence-electron chi connectivity index (χ1n) is 12.4. The number of anilines is 1. The first kappa shape index (κ1) is 19.8. The van der Waals surface area contributed by atoms with Crippen LogP contribution in [-0.2, 0) is 6.54 Å². The van der Waals surface area contributed by atoms with Crippen LogP contribution >= 0.6 is 0 Å². The summed E-state index contributed by atoms with van der Waals surface area (Å²) >= 11 is 0. The molecule has 6 heteroatoms. The molecule has 0 amide bonds. The van der Waals surface area contributed by atoms with Gasteiger partial charge in [-0.3, -0.25) is 15.1 Å². The number of rotatable bonds is 5. The summed E-state index contributed by atoms with van der Waals surface area (Å²) in [5.74, 6) is 0.962. The molecule has 6 nitrogen and oxygen atoms in total. The normalized spacial score (nSPS) is 28.1. The predicted octanol–water partition coefficient (Wildman–Crippen LogP) is 3.44. The number of fused-ring (bicyclic) bond motifs is 3. The highest BCUT2D eigenvalue weighted by molar-refractivity contribution is 5.74. The lowest BCUT2D eigenvalue weighted by Crippen LogP contribution is -2.54. The molecule has 2 saturated heterocycles. The van der Waals surface area contributed by atoms with Gasteiger partial charge < -0.3 is 4.90 Å². The van der Waals surface area contributed by atoms with Gasteiger partial charge in [0, 0.05) is 57.2 Å². The molecule has 31 heavy (non-hydrogen) atoms. The zero-order chi connectivity index (χ0) is 20.6. The summed E-state index contributed by atoms with van der Waals surface area (Å²) in [6.45, 7) is 6.67. The molecule has 6 rings (SSSR count). The minimum Gasteiger partial charge on any atom is -0.332 e. The standard InChI is InChI=1S/C25H36N6/c1-2-5-20(6-3-1)16-30-22-7-8-23(30)18-28(17-22)15-21-9-12-31-24(13-21)25(14-27-31)29-11-4-10-26-19-29/h4,9,11-14,20,22-23,26H,1-3,5-8,10,15-19H2/t22-,23+. The van der Waals surface area contributed by atoms with Gasteiger partial charge in [0.2, 0.25) is 0 Å². The lowest BCUT2D eigenvalue weighted by atomic mass is 9.88. The van der Waals surface area contributed by atoms with Gasteiger partial charge in [0.25, 0.3) is 0 Å². The smallest absolute Gasteiger partial charge is 0.0902 e. The van der Waals surface area contributed by atoms with Crippen LogP contribution < -0.4 is 10.2 Å². The van der Waals surface area contributed by atoms with Gasteiger partial charge in [0.05, 0.1) is 24.1 Å². The molecular formula is C25H36N6. The van der Waals surface area contributed by atoms with Crippen molar-refractivity contribution in [1.29, 1.82) is 0 Å². The van der Waals surface area contributed by atoms with Crippen molar-refractivity contribution in [3.05, 3.63) is 42.4 Å². The molecule has 2 aromatic rings. The molecule has 3 aliphatic heterocycles. The first-order chi connectivity index (χ1) is 15.3. The number of likely N-dealkylation sites (tertiary alicyclic amines) is 1. The van der Waals surface area contributed by atoms with Gasteiger partial charge in [-0.05, 0) is 49.3 Å². The number of aromatic nitrogens is 2. The summed E-state index contributed by atoms with van der Waals surface area (Å²) in [5.41, 5.74) is 3.79. The van der Waals surface area contributed by atoms with E-state index >= 15 is 0 Å². The van der Waals surface area contributed by atoms with E-state index in [0.717, 1.165) is 37.8 Å². The molecule has 2 atom stereocenters. The van der Waals surface area contributed by atoms with Crippen LogP contribution in [0.4, 0.5) is 5.69 Å². The molecular weight excluding hydrogens is 384 g/mol. The number of nitrogens with zero attached hydrogens (tertiary/aromatic N) is 5. The quantitative estimate of drug-likeness (QED) is 0.802. The van der Waals surface area contributed by atoms with Crippen molar-refractivity contribution in [2.24, 2.45) is 5.92 Å². The highest BCUT2D eigenvalue weighted by Gasteiger charge is 2.40. The molecule has 0 radical (unpaired) electrons. The predicted molar refractivity (Wildman–Crippen MR) is 125 cm³/mol. The van der Waals surface area contributed by atoms with Crippen molar-refractivity contribution in [2.45, 2.75) is 63.6 Å². The highest BCUT2D eigenvalue weighted by atomic mass is 15.3. The highest BCUT2D eigenvalue weighted by Crippen LogP contribution is 2.34. The van der Waals surface area contributed by atoms with E-state index < -0.39 is 0 Å². The fraction of sp³-hybridized carbons (Fsp3) is 0.640. The minimum atomic E-state index is 0.777. The maximum Gasteiger partial charge on any atom is 0.0902 e. The Balaban J connectivity index is 1.14. The minimum absolute atomic E-state index is 0.777. The molecule has 1 aliphatic carbocycles. The van der Waals surface area contributed by atoms with E-state index in [0.29, 0.717) is 0 Å². The van der Waals surface area contributed by atoms with Crippen molar-refractivity contribution in [3.63, 3.8) is 0 Å². The monoisotopic (exact) mass is 420 g/mol. The second-order valence-electron chi connectivity index (χ2n) is 10.1. The van der Waals surface area contributed by atoms with Crippen molar-refractivity contribution in [3.8, 4) is 0 Å². The average molecular weight is 421 g/mol. The van der Waals surface area contributed by atoms with E-state index in [1.165, 1.54) is 81.3 Å². The van der Waals surface area contributed by atoms with Crippen LogP contribution in [0.25, 0.3) is 5.52 Å². The van der Waals surface area contributed by atoms with Crippen LogP contribution in [0.5, 0.6) is 0 Å². The molecule has 4 aliphatic rings. The molecule has 3 fully saturated rings. The van der Waals surface area contributed by atoms with Gasteiger partial charge in [-0.1, -0.05) is 25.3 Å². The molecule has 1 N–H and O–H groups in total. The molecule has 2 bridgehead atoms. The summed E-state index contributed by atoms with van der Waals surface area (Å²) < 4.78 is 2.01. The number of hydrogen-bond acceptors (Lipinski definition) is 5. The molecule has 0 aromatic carbocycles. The number of piperazine rings is 1. The van der Waals surface area contributed by atoms with Gasteiger partial charge >= 0.3 is 0 Å². The van der Waals surface area contributed by atoms with Crippen LogP contribution in [0.2, 0.25) is 0 Å². The van der Waals surface area contributed by atoms with Crippen molar-refractivity contribution < 1.29 is 0 Å². The summed E-state index contributed by atoms with van der Waals surface area (Å²) in [6, 6.07) is 6.16. The van der Waals surface area contributed by atoms with Crippen LogP contribution in [0.3, 0.4) is 0 Å². The van der Waals surface area contributed by atoms with Crippen LogP contribution in [0, 0.1) is 5.92 Å². The molecule has 0 unspecified atom stereocenters. The zero-order valence-electron chi connectivity index (χ0n) is 18.6.